The van der Waals surface area contributed by atoms with Crippen LogP contribution in [0.15, 0.2) is 12.7 Å². The van der Waals surface area contributed by atoms with Crippen molar-refractivity contribution in [1.29, 1.82) is 0 Å². The third-order valence-electron chi connectivity index (χ3n) is 2.17. The van der Waals surface area contributed by atoms with Gasteiger partial charge in [0.15, 0.2) is 0 Å². The first kappa shape index (κ1) is 9.26. The zero-order chi connectivity index (χ0) is 8.97. The highest BCUT2D eigenvalue weighted by molar-refractivity contribution is 5.78. The Morgan fingerprint density at radius 3 is 3.08 bits per heavy atom. The van der Waals surface area contributed by atoms with Gasteiger partial charge >= 0.3 is 0 Å². The monoisotopic (exact) mass is 169 g/mol. The number of amides is 1. The van der Waals surface area contributed by atoms with E-state index in [1.807, 2.05) is 0 Å². The minimum absolute atomic E-state index is 0.132. The molecule has 0 spiro atoms. The summed E-state index contributed by atoms with van der Waals surface area (Å²) < 4.78 is 0. The Morgan fingerprint density at radius 1 is 1.83 bits per heavy atom. The SMILES string of the molecule is C=CC(O)CCC1CCC(=O)N1. The van der Waals surface area contributed by atoms with Crippen LogP contribution < -0.4 is 5.32 Å². The van der Waals surface area contributed by atoms with Crippen LogP contribution in [0.2, 0.25) is 0 Å². The molecule has 1 aliphatic rings. The second-order valence-electron chi connectivity index (χ2n) is 3.18. The van der Waals surface area contributed by atoms with Gasteiger partial charge in [0, 0.05) is 12.5 Å². The van der Waals surface area contributed by atoms with E-state index in [4.69, 9.17) is 5.11 Å². The predicted octanol–water partition coefficient (Wildman–Crippen LogP) is 0.592. The van der Waals surface area contributed by atoms with Gasteiger partial charge in [0.05, 0.1) is 6.10 Å². The Morgan fingerprint density at radius 2 is 2.58 bits per heavy atom. The van der Waals surface area contributed by atoms with Crippen LogP contribution in [0.1, 0.15) is 25.7 Å². The number of rotatable bonds is 4. The average molecular weight is 169 g/mol. The van der Waals surface area contributed by atoms with Gasteiger partial charge in [-0.3, -0.25) is 4.79 Å². The van der Waals surface area contributed by atoms with Gasteiger partial charge in [0.25, 0.3) is 0 Å². The summed E-state index contributed by atoms with van der Waals surface area (Å²) in [5.74, 6) is 0.132. The molecule has 1 heterocycles. The van der Waals surface area contributed by atoms with Gasteiger partial charge in [-0.1, -0.05) is 6.08 Å². The molecule has 1 rings (SSSR count). The maximum Gasteiger partial charge on any atom is 0.220 e. The zero-order valence-corrected chi connectivity index (χ0v) is 7.12. The fourth-order valence-corrected chi connectivity index (χ4v) is 1.38. The lowest BCUT2D eigenvalue weighted by atomic mass is 10.1. The molecule has 3 heteroatoms. The summed E-state index contributed by atoms with van der Waals surface area (Å²) in [4.78, 5) is 10.8. The molecule has 2 N–H and O–H groups in total. The number of aliphatic hydroxyl groups is 1. The van der Waals surface area contributed by atoms with Crippen molar-refractivity contribution in [2.45, 2.75) is 37.8 Å². The van der Waals surface area contributed by atoms with Crippen LogP contribution in [0.3, 0.4) is 0 Å². The van der Waals surface area contributed by atoms with Gasteiger partial charge < -0.3 is 10.4 Å². The van der Waals surface area contributed by atoms with Gasteiger partial charge in [-0.2, -0.15) is 0 Å². The molecule has 1 fully saturated rings. The lowest BCUT2D eigenvalue weighted by Crippen LogP contribution is -2.26. The molecule has 0 bridgehead atoms. The summed E-state index contributed by atoms with van der Waals surface area (Å²) in [5.41, 5.74) is 0. The van der Waals surface area contributed by atoms with E-state index in [-0.39, 0.29) is 11.9 Å². The highest BCUT2D eigenvalue weighted by Crippen LogP contribution is 2.13. The molecule has 0 aliphatic carbocycles. The van der Waals surface area contributed by atoms with Crippen molar-refractivity contribution in [2.75, 3.05) is 0 Å². The summed E-state index contributed by atoms with van der Waals surface area (Å²) in [6.45, 7) is 3.48. The second-order valence-corrected chi connectivity index (χ2v) is 3.18. The number of nitrogens with one attached hydrogen (secondary N) is 1. The lowest BCUT2D eigenvalue weighted by Gasteiger charge is -2.10. The fraction of sp³-hybridized carbons (Fsp3) is 0.667. The molecule has 2 unspecified atom stereocenters. The Balaban J connectivity index is 2.15. The van der Waals surface area contributed by atoms with Crippen LogP contribution >= 0.6 is 0 Å². The predicted molar refractivity (Wildman–Crippen MR) is 46.6 cm³/mol. The molecule has 2 atom stereocenters. The van der Waals surface area contributed by atoms with Crippen molar-refractivity contribution >= 4 is 5.91 Å². The second kappa shape index (κ2) is 4.26. The Hall–Kier alpha value is -0.830. The zero-order valence-electron chi connectivity index (χ0n) is 7.12. The number of aliphatic hydroxyl groups excluding tert-OH is 1. The summed E-state index contributed by atoms with van der Waals surface area (Å²) in [6.07, 6.45) is 4.17. The van der Waals surface area contributed by atoms with Crippen LogP contribution in [0.25, 0.3) is 0 Å². The summed E-state index contributed by atoms with van der Waals surface area (Å²) >= 11 is 0. The Bertz CT molecular complexity index is 179. The third-order valence-corrected chi connectivity index (χ3v) is 2.17. The smallest absolute Gasteiger partial charge is 0.220 e. The van der Waals surface area contributed by atoms with Crippen molar-refractivity contribution in [3.05, 3.63) is 12.7 Å². The molecule has 0 saturated carbocycles. The van der Waals surface area contributed by atoms with Crippen LogP contribution in [-0.4, -0.2) is 23.2 Å². The first-order chi connectivity index (χ1) is 5.72. The van der Waals surface area contributed by atoms with E-state index in [1.165, 1.54) is 6.08 Å². The summed E-state index contributed by atoms with van der Waals surface area (Å²) in [7, 11) is 0. The highest BCUT2D eigenvalue weighted by Gasteiger charge is 2.20. The standard InChI is InChI=1S/C9H15NO2/c1-2-8(11)5-3-7-4-6-9(12)10-7/h2,7-8,11H,1,3-6H2,(H,10,12). The van der Waals surface area contributed by atoms with Crippen LogP contribution in [0.4, 0.5) is 0 Å². The molecule has 0 aromatic rings. The molecular formula is C9H15NO2. The third kappa shape index (κ3) is 2.66. The molecule has 0 aromatic carbocycles. The van der Waals surface area contributed by atoms with E-state index in [1.54, 1.807) is 0 Å². The van der Waals surface area contributed by atoms with Gasteiger partial charge in [-0.15, -0.1) is 6.58 Å². The van der Waals surface area contributed by atoms with E-state index < -0.39 is 6.10 Å². The minimum Gasteiger partial charge on any atom is -0.389 e. The summed E-state index contributed by atoms with van der Waals surface area (Å²) in [5, 5.41) is 12.0. The van der Waals surface area contributed by atoms with Crippen molar-refractivity contribution in [2.24, 2.45) is 0 Å². The fourth-order valence-electron chi connectivity index (χ4n) is 1.38. The molecular weight excluding hydrogens is 154 g/mol. The van der Waals surface area contributed by atoms with E-state index in [0.717, 1.165) is 12.8 Å². The molecule has 1 saturated heterocycles. The highest BCUT2D eigenvalue weighted by atomic mass is 16.3. The quantitative estimate of drug-likeness (QED) is 0.605. The number of carbonyl (C=O) groups excluding carboxylic acids is 1. The van der Waals surface area contributed by atoms with Gasteiger partial charge in [0.2, 0.25) is 5.91 Å². The van der Waals surface area contributed by atoms with Crippen molar-refractivity contribution in [3.8, 4) is 0 Å². The number of hydrogen-bond acceptors (Lipinski definition) is 2. The Labute approximate surface area is 72.5 Å². The van der Waals surface area contributed by atoms with E-state index in [0.29, 0.717) is 12.8 Å². The van der Waals surface area contributed by atoms with E-state index in [9.17, 15) is 4.79 Å². The minimum atomic E-state index is -0.428. The molecule has 0 aromatic heterocycles. The molecule has 3 nitrogen and oxygen atoms in total. The largest absolute Gasteiger partial charge is 0.389 e. The summed E-state index contributed by atoms with van der Waals surface area (Å²) in [6, 6.07) is 0.270. The first-order valence-electron chi connectivity index (χ1n) is 4.32. The van der Waals surface area contributed by atoms with Crippen molar-refractivity contribution in [1.82, 2.24) is 5.32 Å². The molecule has 1 aliphatic heterocycles. The normalized spacial score (nSPS) is 25.1. The first-order valence-corrected chi connectivity index (χ1v) is 4.32. The van der Waals surface area contributed by atoms with E-state index in [2.05, 4.69) is 11.9 Å². The average Bonchev–Trinajstić information content (AvgIpc) is 2.47. The van der Waals surface area contributed by atoms with Gasteiger partial charge in [-0.05, 0) is 19.3 Å². The van der Waals surface area contributed by atoms with Crippen LogP contribution in [-0.2, 0) is 4.79 Å². The van der Waals surface area contributed by atoms with E-state index >= 15 is 0 Å². The lowest BCUT2D eigenvalue weighted by molar-refractivity contribution is -0.119. The van der Waals surface area contributed by atoms with Gasteiger partial charge in [-0.25, -0.2) is 0 Å². The van der Waals surface area contributed by atoms with Crippen molar-refractivity contribution in [3.63, 3.8) is 0 Å². The molecule has 68 valence electrons. The maximum absolute atomic E-state index is 10.8. The topological polar surface area (TPSA) is 49.3 Å². The Kier molecular flexibility index (Phi) is 3.29. The van der Waals surface area contributed by atoms with Crippen LogP contribution in [0, 0.1) is 0 Å². The number of carbonyl (C=O) groups is 1. The number of hydrogen-bond donors (Lipinski definition) is 2. The van der Waals surface area contributed by atoms with Crippen molar-refractivity contribution < 1.29 is 9.90 Å². The maximum atomic E-state index is 10.8. The molecule has 0 radical (unpaired) electrons. The van der Waals surface area contributed by atoms with Crippen LogP contribution in [0.5, 0.6) is 0 Å². The molecule has 12 heavy (non-hydrogen) atoms. The van der Waals surface area contributed by atoms with Gasteiger partial charge in [0.1, 0.15) is 0 Å². The molecule has 1 amide bonds.